The quantitative estimate of drug-likeness (QED) is 0.441. The molecule has 2 rings (SSSR count). The molecule has 0 aliphatic heterocycles. The largest absolute Gasteiger partial charge is 0.378 e. The fourth-order valence-corrected chi connectivity index (χ4v) is 3.28. The van der Waals surface area contributed by atoms with E-state index in [0.717, 1.165) is 32.5 Å². The highest BCUT2D eigenvalue weighted by atomic mass is 32.1. The molecular formula is C16H27N3OS. The van der Waals surface area contributed by atoms with Crippen molar-refractivity contribution in [1.82, 2.24) is 5.32 Å². The third-order valence-electron chi connectivity index (χ3n) is 3.75. The van der Waals surface area contributed by atoms with Crippen molar-refractivity contribution in [1.29, 1.82) is 0 Å². The third kappa shape index (κ3) is 6.96. The van der Waals surface area contributed by atoms with Crippen molar-refractivity contribution in [3.63, 3.8) is 0 Å². The SMILES string of the molecule is NC(=NCCCOC1CCCCC1)NCCc1cccs1. The fourth-order valence-electron chi connectivity index (χ4n) is 2.57. The number of guanidine groups is 1. The molecule has 0 bridgehead atoms. The van der Waals surface area contributed by atoms with Crippen molar-refractivity contribution in [3.8, 4) is 0 Å². The molecule has 5 heteroatoms. The number of hydrogen-bond donors (Lipinski definition) is 2. The molecule has 0 saturated heterocycles. The van der Waals surface area contributed by atoms with Crippen LogP contribution in [0.2, 0.25) is 0 Å². The molecule has 1 aliphatic carbocycles. The van der Waals surface area contributed by atoms with Crippen LogP contribution in [0.25, 0.3) is 0 Å². The second-order valence-electron chi connectivity index (χ2n) is 5.51. The summed E-state index contributed by atoms with van der Waals surface area (Å²) in [4.78, 5) is 5.70. The zero-order chi connectivity index (χ0) is 14.8. The Balaban J connectivity index is 1.47. The summed E-state index contributed by atoms with van der Waals surface area (Å²) in [7, 11) is 0. The summed E-state index contributed by atoms with van der Waals surface area (Å²) in [6, 6.07) is 4.21. The van der Waals surface area contributed by atoms with Crippen LogP contribution in [0.15, 0.2) is 22.5 Å². The van der Waals surface area contributed by atoms with E-state index in [4.69, 9.17) is 10.5 Å². The molecule has 0 unspecified atom stereocenters. The molecule has 1 heterocycles. The van der Waals surface area contributed by atoms with Crippen LogP contribution in [-0.4, -0.2) is 31.8 Å². The van der Waals surface area contributed by atoms with Crippen molar-refractivity contribution in [2.24, 2.45) is 10.7 Å². The first kappa shape index (κ1) is 16.3. The molecular weight excluding hydrogens is 282 g/mol. The van der Waals surface area contributed by atoms with Gasteiger partial charge in [0.2, 0.25) is 0 Å². The molecule has 1 fully saturated rings. The minimum atomic E-state index is 0.490. The number of ether oxygens (including phenoxy) is 1. The predicted molar refractivity (Wildman–Crippen MR) is 90.0 cm³/mol. The number of nitrogens with two attached hydrogens (primary N) is 1. The van der Waals surface area contributed by atoms with Crippen LogP contribution in [-0.2, 0) is 11.2 Å². The molecule has 0 radical (unpaired) electrons. The summed E-state index contributed by atoms with van der Waals surface area (Å²) < 4.78 is 5.87. The maximum atomic E-state index is 5.87. The zero-order valence-corrected chi connectivity index (χ0v) is 13.5. The van der Waals surface area contributed by atoms with Crippen LogP contribution < -0.4 is 11.1 Å². The van der Waals surface area contributed by atoms with Gasteiger partial charge in [-0.1, -0.05) is 25.3 Å². The lowest BCUT2D eigenvalue weighted by Crippen LogP contribution is -2.33. The number of thiophene rings is 1. The van der Waals surface area contributed by atoms with E-state index in [0.29, 0.717) is 12.1 Å². The monoisotopic (exact) mass is 309 g/mol. The van der Waals surface area contributed by atoms with Crippen LogP contribution >= 0.6 is 11.3 Å². The predicted octanol–water partition coefficient (Wildman–Crippen LogP) is 2.93. The van der Waals surface area contributed by atoms with Crippen molar-refractivity contribution in [3.05, 3.63) is 22.4 Å². The molecule has 0 atom stereocenters. The zero-order valence-electron chi connectivity index (χ0n) is 12.7. The molecule has 0 aromatic carbocycles. The topological polar surface area (TPSA) is 59.6 Å². The number of nitrogens with zero attached hydrogens (tertiary/aromatic N) is 1. The lowest BCUT2D eigenvalue weighted by Gasteiger charge is -2.21. The van der Waals surface area contributed by atoms with Gasteiger partial charge in [-0.2, -0.15) is 0 Å². The first-order chi connectivity index (χ1) is 10.3. The highest BCUT2D eigenvalue weighted by Crippen LogP contribution is 2.20. The molecule has 1 aromatic heterocycles. The van der Waals surface area contributed by atoms with Gasteiger partial charge in [0, 0.05) is 24.6 Å². The molecule has 1 aromatic rings. The van der Waals surface area contributed by atoms with E-state index in [1.807, 2.05) is 0 Å². The van der Waals surface area contributed by atoms with E-state index in [1.54, 1.807) is 11.3 Å². The normalized spacial score (nSPS) is 17.0. The Morgan fingerprint density at radius 1 is 1.38 bits per heavy atom. The summed E-state index contributed by atoms with van der Waals surface area (Å²) in [5.74, 6) is 0.546. The van der Waals surface area contributed by atoms with E-state index in [1.165, 1.54) is 37.0 Å². The standard InChI is InChI=1S/C16H27N3OS/c17-16(19-11-9-15-8-4-13-21-15)18-10-5-12-20-14-6-2-1-3-7-14/h4,8,13-14H,1-3,5-7,9-12H2,(H3,17,18,19). The molecule has 1 aliphatic rings. The van der Waals surface area contributed by atoms with Crippen LogP contribution in [0.4, 0.5) is 0 Å². The third-order valence-corrected chi connectivity index (χ3v) is 4.68. The molecule has 0 amide bonds. The van der Waals surface area contributed by atoms with Crippen LogP contribution in [0.5, 0.6) is 0 Å². The van der Waals surface area contributed by atoms with Gasteiger partial charge in [-0.05, 0) is 37.1 Å². The van der Waals surface area contributed by atoms with E-state index < -0.39 is 0 Å². The molecule has 3 N–H and O–H groups in total. The maximum Gasteiger partial charge on any atom is 0.188 e. The number of rotatable bonds is 8. The smallest absolute Gasteiger partial charge is 0.188 e. The Morgan fingerprint density at radius 2 is 2.24 bits per heavy atom. The van der Waals surface area contributed by atoms with Gasteiger partial charge in [0.15, 0.2) is 5.96 Å². The second-order valence-corrected chi connectivity index (χ2v) is 6.54. The average molecular weight is 309 g/mol. The lowest BCUT2D eigenvalue weighted by molar-refractivity contribution is 0.0281. The minimum absolute atomic E-state index is 0.490. The van der Waals surface area contributed by atoms with Crippen molar-refractivity contribution < 1.29 is 4.74 Å². The molecule has 4 nitrogen and oxygen atoms in total. The van der Waals surface area contributed by atoms with Gasteiger partial charge in [-0.25, -0.2) is 0 Å². The number of nitrogens with one attached hydrogen (secondary N) is 1. The summed E-state index contributed by atoms with van der Waals surface area (Å²) in [5.41, 5.74) is 5.84. The molecule has 118 valence electrons. The maximum absolute atomic E-state index is 5.87. The Morgan fingerprint density at radius 3 is 3.00 bits per heavy atom. The highest BCUT2D eigenvalue weighted by molar-refractivity contribution is 7.09. The summed E-state index contributed by atoms with van der Waals surface area (Å²) >= 11 is 1.78. The molecule has 0 spiro atoms. The first-order valence-corrected chi connectivity index (χ1v) is 8.90. The lowest BCUT2D eigenvalue weighted by atomic mass is 9.98. The van der Waals surface area contributed by atoms with Crippen LogP contribution in [0.3, 0.4) is 0 Å². The van der Waals surface area contributed by atoms with Gasteiger partial charge in [-0.3, -0.25) is 4.99 Å². The van der Waals surface area contributed by atoms with Gasteiger partial charge >= 0.3 is 0 Å². The molecule has 1 saturated carbocycles. The number of aliphatic imine (C=N–C) groups is 1. The van der Waals surface area contributed by atoms with Crippen molar-refractivity contribution in [2.45, 2.75) is 51.0 Å². The van der Waals surface area contributed by atoms with Crippen LogP contribution in [0, 0.1) is 0 Å². The Kier molecular flexibility index (Phi) is 7.60. The van der Waals surface area contributed by atoms with Crippen molar-refractivity contribution >= 4 is 17.3 Å². The fraction of sp³-hybridized carbons (Fsp3) is 0.688. The van der Waals surface area contributed by atoms with Gasteiger partial charge in [0.05, 0.1) is 6.10 Å². The Labute approximate surface area is 131 Å². The Bertz CT molecular complexity index is 400. The second kappa shape index (κ2) is 9.79. The summed E-state index contributed by atoms with van der Waals surface area (Å²) in [6.45, 7) is 2.38. The van der Waals surface area contributed by atoms with Gasteiger partial charge in [-0.15, -0.1) is 11.3 Å². The van der Waals surface area contributed by atoms with E-state index >= 15 is 0 Å². The molecule has 21 heavy (non-hydrogen) atoms. The summed E-state index contributed by atoms with van der Waals surface area (Å²) in [6.07, 6.45) is 8.92. The number of hydrogen-bond acceptors (Lipinski definition) is 3. The summed E-state index contributed by atoms with van der Waals surface area (Å²) in [5, 5.41) is 5.25. The van der Waals surface area contributed by atoms with Gasteiger partial charge < -0.3 is 15.8 Å². The van der Waals surface area contributed by atoms with E-state index in [-0.39, 0.29) is 0 Å². The van der Waals surface area contributed by atoms with Crippen molar-refractivity contribution in [2.75, 3.05) is 19.7 Å². The highest BCUT2D eigenvalue weighted by Gasteiger charge is 2.12. The van der Waals surface area contributed by atoms with Crippen LogP contribution in [0.1, 0.15) is 43.4 Å². The average Bonchev–Trinajstić information content (AvgIpc) is 3.01. The van der Waals surface area contributed by atoms with E-state index in [9.17, 15) is 0 Å². The van der Waals surface area contributed by atoms with Gasteiger partial charge in [0.25, 0.3) is 0 Å². The first-order valence-electron chi connectivity index (χ1n) is 8.02. The Hall–Kier alpha value is -1.07. The van der Waals surface area contributed by atoms with Gasteiger partial charge in [0.1, 0.15) is 0 Å². The minimum Gasteiger partial charge on any atom is -0.378 e. The van der Waals surface area contributed by atoms with E-state index in [2.05, 4.69) is 27.8 Å².